The molecule has 0 aliphatic carbocycles. The molecule has 0 saturated heterocycles. The number of phenols is 1. The molecule has 0 heterocycles. The van der Waals surface area contributed by atoms with Crippen molar-refractivity contribution in [2.45, 2.75) is 13.5 Å². The third-order valence-corrected chi connectivity index (χ3v) is 2.80. The van der Waals surface area contributed by atoms with Gasteiger partial charge < -0.3 is 9.84 Å². The van der Waals surface area contributed by atoms with Gasteiger partial charge >= 0.3 is 0 Å². The molecule has 0 radical (unpaired) electrons. The Morgan fingerprint density at radius 1 is 1.27 bits per heavy atom. The lowest BCUT2D eigenvalue weighted by molar-refractivity contribution is -0.384. The van der Waals surface area contributed by atoms with Gasteiger partial charge in [0.1, 0.15) is 0 Å². The smallest absolute Gasteiger partial charge is 0.271 e. The van der Waals surface area contributed by atoms with Crippen LogP contribution in [0.5, 0.6) is 11.5 Å². The number of rotatable bonds is 6. The number of nitro groups is 1. The molecule has 1 N–H and O–H groups in total. The van der Waals surface area contributed by atoms with E-state index in [9.17, 15) is 15.2 Å². The molecule has 0 fully saturated rings. The average molecular weight is 301 g/mol. The van der Waals surface area contributed by atoms with Crippen LogP contribution in [0.4, 0.5) is 11.4 Å². The fourth-order valence-corrected chi connectivity index (χ4v) is 1.80. The lowest BCUT2D eigenvalue weighted by Gasteiger charge is -2.06. The molecule has 0 aliphatic rings. The van der Waals surface area contributed by atoms with E-state index in [4.69, 9.17) is 4.74 Å². The second-order valence-corrected chi connectivity index (χ2v) is 4.41. The zero-order valence-electron chi connectivity index (χ0n) is 12.0. The van der Waals surface area contributed by atoms with Gasteiger partial charge in [-0.05, 0) is 30.7 Å². The molecule has 0 bridgehead atoms. The van der Waals surface area contributed by atoms with Gasteiger partial charge in [0.2, 0.25) is 0 Å². The Morgan fingerprint density at radius 2 is 2.09 bits per heavy atom. The molecule has 22 heavy (non-hydrogen) atoms. The summed E-state index contributed by atoms with van der Waals surface area (Å²) in [6.07, 6.45) is 0. The molecule has 0 aliphatic heterocycles. The number of ether oxygens (including phenoxy) is 1. The van der Waals surface area contributed by atoms with Crippen LogP contribution in [0.1, 0.15) is 12.5 Å². The van der Waals surface area contributed by atoms with Crippen LogP contribution < -0.4 is 4.74 Å². The molecule has 0 unspecified atom stereocenters. The molecule has 7 heteroatoms. The lowest BCUT2D eigenvalue weighted by Crippen LogP contribution is -1.93. The first kappa shape index (κ1) is 15.4. The van der Waals surface area contributed by atoms with Crippen molar-refractivity contribution in [2.75, 3.05) is 6.61 Å². The number of nitrogens with zero attached hydrogens (tertiary/aromatic N) is 3. The highest BCUT2D eigenvalue weighted by Crippen LogP contribution is 2.27. The molecule has 2 aromatic rings. The molecule has 0 amide bonds. The molecule has 0 atom stereocenters. The number of nitro benzene ring substituents is 1. The summed E-state index contributed by atoms with van der Waals surface area (Å²) in [6.45, 7) is 2.56. The van der Waals surface area contributed by atoms with Gasteiger partial charge in [-0.3, -0.25) is 10.1 Å². The minimum atomic E-state index is -0.479. The van der Waals surface area contributed by atoms with Gasteiger partial charge in [-0.2, -0.15) is 10.2 Å². The molecule has 0 saturated carbocycles. The highest BCUT2D eigenvalue weighted by atomic mass is 16.6. The molecular weight excluding hydrogens is 286 g/mol. The third-order valence-electron chi connectivity index (χ3n) is 2.80. The summed E-state index contributed by atoms with van der Waals surface area (Å²) in [5.74, 6) is 0.465. The van der Waals surface area contributed by atoms with E-state index in [-0.39, 0.29) is 18.0 Å². The molecule has 2 rings (SSSR count). The van der Waals surface area contributed by atoms with Gasteiger partial charge in [0.05, 0.1) is 23.8 Å². The maximum absolute atomic E-state index is 10.7. The van der Waals surface area contributed by atoms with Crippen molar-refractivity contribution in [1.29, 1.82) is 0 Å². The summed E-state index contributed by atoms with van der Waals surface area (Å²) >= 11 is 0. The number of benzene rings is 2. The van der Waals surface area contributed by atoms with Gasteiger partial charge in [-0.1, -0.05) is 12.1 Å². The number of hydrogen-bond donors (Lipinski definition) is 1. The van der Waals surface area contributed by atoms with Crippen molar-refractivity contribution in [3.63, 3.8) is 0 Å². The predicted molar refractivity (Wildman–Crippen MR) is 80.6 cm³/mol. The number of aromatic hydroxyl groups is 1. The van der Waals surface area contributed by atoms with Crippen molar-refractivity contribution in [3.8, 4) is 11.5 Å². The largest absolute Gasteiger partial charge is 0.504 e. The van der Waals surface area contributed by atoms with Crippen LogP contribution in [-0.2, 0) is 6.54 Å². The standard InChI is InChI=1S/C15H15N3O4/c1-2-22-15-8-11(6-7-14(15)19)10-16-17-12-4-3-5-13(9-12)18(20)21/h3-9,19H,2,10H2,1H3. The summed E-state index contributed by atoms with van der Waals surface area (Å²) < 4.78 is 5.29. The Kier molecular flexibility index (Phi) is 5.02. The highest BCUT2D eigenvalue weighted by Gasteiger charge is 2.05. The van der Waals surface area contributed by atoms with E-state index in [2.05, 4.69) is 10.2 Å². The Morgan fingerprint density at radius 3 is 2.82 bits per heavy atom. The van der Waals surface area contributed by atoms with Gasteiger partial charge in [0.25, 0.3) is 5.69 Å². The first-order valence-electron chi connectivity index (χ1n) is 6.67. The topological polar surface area (TPSA) is 97.3 Å². The lowest BCUT2D eigenvalue weighted by atomic mass is 10.2. The van der Waals surface area contributed by atoms with Crippen molar-refractivity contribution >= 4 is 11.4 Å². The Bertz CT molecular complexity index is 701. The van der Waals surface area contributed by atoms with E-state index in [0.29, 0.717) is 18.0 Å². The Hall–Kier alpha value is -2.96. The van der Waals surface area contributed by atoms with Crippen molar-refractivity contribution < 1.29 is 14.8 Å². The van der Waals surface area contributed by atoms with Crippen molar-refractivity contribution in [1.82, 2.24) is 0 Å². The molecule has 0 aromatic heterocycles. The zero-order chi connectivity index (χ0) is 15.9. The molecule has 0 spiro atoms. The van der Waals surface area contributed by atoms with E-state index in [1.807, 2.05) is 6.92 Å². The SMILES string of the molecule is CCOc1cc(CN=Nc2cccc([N+](=O)[O-])c2)ccc1O. The number of non-ortho nitro benzene ring substituents is 1. The normalized spacial score (nSPS) is 10.8. The molecular formula is C15H15N3O4. The fourth-order valence-electron chi connectivity index (χ4n) is 1.80. The quantitative estimate of drug-likeness (QED) is 0.495. The van der Waals surface area contributed by atoms with Crippen LogP contribution in [0.25, 0.3) is 0 Å². The van der Waals surface area contributed by atoms with Gasteiger partial charge in [0, 0.05) is 12.1 Å². The van der Waals surface area contributed by atoms with Crippen molar-refractivity contribution in [3.05, 3.63) is 58.1 Å². The molecule has 2 aromatic carbocycles. The summed E-state index contributed by atoms with van der Waals surface area (Å²) in [5.41, 5.74) is 1.20. The van der Waals surface area contributed by atoms with Gasteiger partial charge in [0.15, 0.2) is 11.5 Å². The maximum atomic E-state index is 10.7. The maximum Gasteiger partial charge on any atom is 0.271 e. The van der Waals surface area contributed by atoms with E-state index in [1.54, 1.807) is 24.3 Å². The second kappa shape index (κ2) is 7.16. The van der Waals surface area contributed by atoms with E-state index in [0.717, 1.165) is 5.56 Å². The van der Waals surface area contributed by atoms with Gasteiger partial charge in [-0.15, -0.1) is 0 Å². The Balaban J connectivity index is 2.07. The molecule has 7 nitrogen and oxygen atoms in total. The zero-order valence-corrected chi connectivity index (χ0v) is 12.0. The average Bonchev–Trinajstić information content (AvgIpc) is 2.51. The van der Waals surface area contributed by atoms with Crippen LogP contribution in [-0.4, -0.2) is 16.6 Å². The third kappa shape index (κ3) is 4.02. The molecule has 114 valence electrons. The van der Waals surface area contributed by atoms with Crippen LogP contribution in [0.2, 0.25) is 0 Å². The first-order valence-corrected chi connectivity index (χ1v) is 6.67. The van der Waals surface area contributed by atoms with E-state index < -0.39 is 4.92 Å². The van der Waals surface area contributed by atoms with Crippen LogP contribution >= 0.6 is 0 Å². The summed E-state index contributed by atoms with van der Waals surface area (Å²) in [6, 6.07) is 10.9. The highest BCUT2D eigenvalue weighted by molar-refractivity contribution is 5.46. The number of phenolic OH excluding ortho intramolecular Hbond substituents is 1. The van der Waals surface area contributed by atoms with Crippen molar-refractivity contribution in [2.24, 2.45) is 10.2 Å². The van der Waals surface area contributed by atoms with Gasteiger partial charge in [-0.25, -0.2) is 0 Å². The summed E-state index contributed by atoms with van der Waals surface area (Å²) in [7, 11) is 0. The van der Waals surface area contributed by atoms with Crippen LogP contribution in [0, 0.1) is 10.1 Å². The summed E-state index contributed by atoms with van der Waals surface area (Å²) in [5, 5.41) is 28.3. The predicted octanol–water partition coefficient (Wildman–Crippen LogP) is 3.98. The second-order valence-electron chi connectivity index (χ2n) is 4.41. The number of azo groups is 1. The van der Waals surface area contributed by atoms with Crippen LogP contribution in [0.3, 0.4) is 0 Å². The monoisotopic (exact) mass is 301 g/mol. The van der Waals surface area contributed by atoms with Crippen LogP contribution in [0.15, 0.2) is 52.7 Å². The van der Waals surface area contributed by atoms with E-state index >= 15 is 0 Å². The summed E-state index contributed by atoms with van der Waals surface area (Å²) in [4.78, 5) is 10.2. The first-order chi connectivity index (χ1) is 10.6. The minimum absolute atomic E-state index is 0.0280. The minimum Gasteiger partial charge on any atom is -0.504 e. The number of hydrogen-bond acceptors (Lipinski definition) is 6. The fraction of sp³-hybridized carbons (Fsp3) is 0.200. The Labute approximate surface area is 127 Å². The van der Waals surface area contributed by atoms with E-state index in [1.165, 1.54) is 18.2 Å².